The van der Waals surface area contributed by atoms with Crippen LogP contribution < -0.4 is 5.73 Å². The molecule has 0 heterocycles. The minimum absolute atomic E-state index is 0.00750. The molecular weight excluding hydrogens is 220 g/mol. The van der Waals surface area contributed by atoms with E-state index in [1.165, 1.54) is 12.1 Å². The summed E-state index contributed by atoms with van der Waals surface area (Å²) in [5.41, 5.74) is 8.05. The smallest absolute Gasteiger partial charge is 0.136 e. The van der Waals surface area contributed by atoms with Gasteiger partial charge in [0, 0.05) is 5.69 Å². The Morgan fingerprint density at radius 1 is 0.941 bits per heavy atom. The van der Waals surface area contributed by atoms with E-state index in [1.54, 1.807) is 25.1 Å². The number of nitrogen functional groups attached to an aromatic ring is 1. The molecule has 0 saturated carbocycles. The second-order valence-electron chi connectivity index (χ2n) is 4.12. The molecule has 2 aromatic rings. The summed E-state index contributed by atoms with van der Waals surface area (Å²) in [7, 11) is 0. The van der Waals surface area contributed by atoms with Crippen LogP contribution >= 0.6 is 0 Å². The van der Waals surface area contributed by atoms with Crippen LogP contribution in [0.5, 0.6) is 0 Å². The van der Waals surface area contributed by atoms with E-state index in [1.807, 2.05) is 6.92 Å². The van der Waals surface area contributed by atoms with E-state index in [4.69, 9.17) is 5.73 Å². The van der Waals surface area contributed by atoms with Crippen LogP contribution in [0, 0.1) is 25.5 Å². The third-order valence-electron chi connectivity index (χ3n) is 2.84. The van der Waals surface area contributed by atoms with E-state index in [-0.39, 0.29) is 5.56 Å². The SMILES string of the molecule is Cc1cc(-c2c(F)ccc(C)c2F)ccc1N. The van der Waals surface area contributed by atoms with E-state index in [2.05, 4.69) is 0 Å². The molecule has 2 N–H and O–H groups in total. The zero-order valence-corrected chi connectivity index (χ0v) is 9.72. The van der Waals surface area contributed by atoms with Gasteiger partial charge in [-0.25, -0.2) is 8.78 Å². The van der Waals surface area contributed by atoms with Gasteiger partial charge in [-0.1, -0.05) is 12.1 Å². The highest BCUT2D eigenvalue weighted by Crippen LogP contribution is 2.29. The Hall–Kier alpha value is -1.90. The standard InChI is InChI=1S/C14H13F2N/c1-8-3-5-11(15)13(14(8)16)10-4-6-12(17)9(2)7-10/h3-7H,17H2,1-2H3. The Bertz CT molecular complexity index is 577. The van der Waals surface area contributed by atoms with Crippen LogP contribution in [0.3, 0.4) is 0 Å². The molecule has 0 aliphatic carbocycles. The van der Waals surface area contributed by atoms with Crippen molar-refractivity contribution in [3.8, 4) is 11.1 Å². The van der Waals surface area contributed by atoms with Crippen molar-refractivity contribution >= 4 is 5.69 Å². The Morgan fingerprint density at radius 2 is 1.65 bits per heavy atom. The van der Waals surface area contributed by atoms with Crippen LogP contribution in [0.15, 0.2) is 30.3 Å². The number of anilines is 1. The highest BCUT2D eigenvalue weighted by Gasteiger charge is 2.13. The summed E-state index contributed by atoms with van der Waals surface area (Å²) in [6.45, 7) is 3.42. The maximum atomic E-state index is 13.9. The zero-order valence-electron chi connectivity index (χ0n) is 9.72. The molecule has 1 nitrogen and oxygen atoms in total. The second-order valence-corrected chi connectivity index (χ2v) is 4.12. The Balaban J connectivity index is 2.68. The van der Waals surface area contributed by atoms with Gasteiger partial charge in [-0.3, -0.25) is 0 Å². The number of hydrogen-bond acceptors (Lipinski definition) is 1. The summed E-state index contributed by atoms with van der Waals surface area (Å²) in [5, 5.41) is 0. The van der Waals surface area contributed by atoms with Gasteiger partial charge < -0.3 is 5.73 Å². The van der Waals surface area contributed by atoms with Crippen molar-refractivity contribution in [1.29, 1.82) is 0 Å². The fraction of sp³-hybridized carbons (Fsp3) is 0.143. The highest BCUT2D eigenvalue weighted by molar-refractivity contribution is 5.69. The first-order chi connectivity index (χ1) is 8.00. The average molecular weight is 233 g/mol. The summed E-state index contributed by atoms with van der Waals surface area (Å²) in [6, 6.07) is 7.68. The minimum atomic E-state index is -0.558. The number of benzene rings is 2. The van der Waals surface area contributed by atoms with Crippen molar-refractivity contribution in [3.05, 3.63) is 53.1 Å². The number of halogens is 2. The van der Waals surface area contributed by atoms with Crippen LogP contribution in [0.4, 0.5) is 14.5 Å². The molecular formula is C14H13F2N. The van der Waals surface area contributed by atoms with Gasteiger partial charge in [-0.15, -0.1) is 0 Å². The molecule has 0 aromatic heterocycles. The van der Waals surface area contributed by atoms with Gasteiger partial charge in [0.25, 0.3) is 0 Å². The molecule has 88 valence electrons. The van der Waals surface area contributed by atoms with Gasteiger partial charge in [0.05, 0.1) is 5.56 Å². The van der Waals surface area contributed by atoms with Gasteiger partial charge in [0.2, 0.25) is 0 Å². The molecule has 0 atom stereocenters. The lowest BCUT2D eigenvalue weighted by Crippen LogP contribution is -1.95. The zero-order chi connectivity index (χ0) is 12.6. The summed E-state index contributed by atoms with van der Waals surface area (Å²) in [5.74, 6) is -1.08. The molecule has 17 heavy (non-hydrogen) atoms. The van der Waals surface area contributed by atoms with E-state index >= 15 is 0 Å². The molecule has 2 rings (SSSR count). The first-order valence-corrected chi connectivity index (χ1v) is 5.32. The van der Waals surface area contributed by atoms with E-state index in [0.29, 0.717) is 16.8 Å². The highest BCUT2D eigenvalue weighted by atomic mass is 19.1. The van der Waals surface area contributed by atoms with Crippen molar-refractivity contribution in [2.45, 2.75) is 13.8 Å². The van der Waals surface area contributed by atoms with Crippen molar-refractivity contribution in [3.63, 3.8) is 0 Å². The summed E-state index contributed by atoms with van der Waals surface area (Å²) in [4.78, 5) is 0. The predicted molar refractivity (Wildman–Crippen MR) is 65.7 cm³/mol. The van der Waals surface area contributed by atoms with Gasteiger partial charge in [-0.2, -0.15) is 0 Å². The normalized spacial score (nSPS) is 10.6. The fourth-order valence-electron chi connectivity index (χ4n) is 1.75. The second kappa shape index (κ2) is 4.17. The first kappa shape index (κ1) is 11.6. The molecule has 0 spiro atoms. The van der Waals surface area contributed by atoms with Crippen molar-refractivity contribution in [2.24, 2.45) is 0 Å². The molecule has 0 radical (unpaired) electrons. The van der Waals surface area contributed by atoms with Crippen molar-refractivity contribution in [2.75, 3.05) is 5.73 Å². The molecule has 0 bridgehead atoms. The Labute approximate surface area is 98.9 Å². The third-order valence-corrected chi connectivity index (χ3v) is 2.84. The lowest BCUT2D eigenvalue weighted by molar-refractivity contribution is 0.584. The topological polar surface area (TPSA) is 26.0 Å². The van der Waals surface area contributed by atoms with Crippen LogP contribution in [0.1, 0.15) is 11.1 Å². The number of rotatable bonds is 1. The lowest BCUT2D eigenvalue weighted by Gasteiger charge is -2.09. The Morgan fingerprint density at radius 3 is 2.29 bits per heavy atom. The molecule has 0 fully saturated rings. The predicted octanol–water partition coefficient (Wildman–Crippen LogP) is 3.83. The van der Waals surface area contributed by atoms with Crippen LogP contribution in [0.25, 0.3) is 11.1 Å². The summed E-state index contributed by atoms with van der Waals surface area (Å²) >= 11 is 0. The summed E-state index contributed by atoms with van der Waals surface area (Å²) in [6.07, 6.45) is 0. The Kier molecular flexibility index (Phi) is 2.84. The van der Waals surface area contributed by atoms with Crippen LogP contribution in [-0.4, -0.2) is 0 Å². The maximum Gasteiger partial charge on any atom is 0.136 e. The average Bonchev–Trinajstić information content (AvgIpc) is 2.29. The van der Waals surface area contributed by atoms with E-state index in [9.17, 15) is 8.78 Å². The molecule has 2 aromatic carbocycles. The summed E-state index contributed by atoms with van der Waals surface area (Å²) < 4.78 is 27.6. The van der Waals surface area contributed by atoms with Crippen molar-refractivity contribution < 1.29 is 8.78 Å². The van der Waals surface area contributed by atoms with Gasteiger partial charge in [-0.05, 0) is 48.7 Å². The van der Waals surface area contributed by atoms with Crippen LogP contribution in [-0.2, 0) is 0 Å². The number of aryl methyl sites for hydroxylation is 2. The van der Waals surface area contributed by atoms with Crippen LogP contribution in [0.2, 0.25) is 0 Å². The molecule has 0 amide bonds. The molecule has 0 unspecified atom stereocenters. The molecule has 3 heteroatoms. The molecule has 0 aliphatic heterocycles. The minimum Gasteiger partial charge on any atom is -0.399 e. The van der Waals surface area contributed by atoms with Gasteiger partial charge in [0.15, 0.2) is 0 Å². The fourth-order valence-corrected chi connectivity index (χ4v) is 1.75. The largest absolute Gasteiger partial charge is 0.399 e. The number of hydrogen-bond donors (Lipinski definition) is 1. The van der Waals surface area contributed by atoms with Gasteiger partial charge in [0.1, 0.15) is 11.6 Å². The maximum absolute atomic E-state index is 13.9. The number of nitrogens with two attached hydrogens (primary N) is 1. The monoisotopic (exact) mass is 233 g/mol. The van der Waals surface area contributed by atoms with Crippen molar-refractivity contribution in [1.82, 2.24) is 0 Å². The quantitative estimate of drug-likeness (QED) is 0.744. The lowest BCUT2D eigenvalue weighted by atomic mass is 9.99. The third kappa shape index (κ3) is 2.00. The molecule has 0 aliphatic rings. The first-order valence-electron chi connectivity index (χ1n) is 5.32. The molecule has 0 saturated heterocycles. The van der Waals surface area contributed by atoms with E-state index in [0.717, 1.165) is 5.56 Å². The van der Waals surface area contributed by atoms with E-state index < -0.39 is 11.6 Å². The van der Waals surface area contributed by atoms with Gasteiger partial charge >= 0.3 is 0 Å².